The number of para-hydroxylation sites is 1. The molecular formula is C23H25N5O2S. The molecule has 1 aromatic heterocycles. The van der Waals surface area contributed by atoms with Gasteiger partial charge in [0, 0.05) is 34.9 Å². The van der Waals surface area contributed by atoms with E-state index in [0.29, 0.717) is 27.5 Å². The number of rotatable bonds is 3. The zero-order valence-electron chi connectivity index (χ0n) is 17.3. The van der Waals surface area contributed by atoms with Crippen molar-refractivity contribution in [1.29, 1.82) is 0 Å². The first-order valence-electron chi connectivity index (χ1n) is 10.1. The van der Waals surface area contributed by atoms with Crippen LogP contribution in [0.3, 0.4) is 0 Å². The lowest BCUT2D eigenvalue weighted by atomic mass is 9.82. The van der Waals surface area contributed by atoms with Crippen molar-refractivity contribution in [2.45, 2.75) is 12.8 Å². The summed E-state index contributed by atoms with van der Waals surface area (Å²) < 4.78 is 5.04. The summed E-state index contributed by atoms with van der Waals surface area (Å²) in [6, 6.07) is 12.8. The largest absolute Gasteiger partial charge is 0.763 e. The molecule has 0 spiro atoms. The molecule has 1 atom stereocenters. The molecule has 4 N–H and O–H groups in total. The molecular weight excluding hydrogens is 410 g/mol. The summed E-state index contributed by atoms with van der Waals surface area (Å²) >= 11 is 5.29. The highest BCUT2D eigenvalue weighted by Gasteiger charge is 2.33. The fourth-order valence-corrected chi connectivity index (χ4v) is 3.71. The van der Waals surface area contributed by atoms with Crippen molar-refractivity contribution in [1.82, 2.24) is 10.3 Å². The fourth-order valence-electron chi connectivity index (χ4n) is 3.39. The molecule has 0 aliphatic carbocycles. The van der Waals surface area contributed by atoms with Gasteiger partial charge in [-0.2, -0.15) is 0 Å². The third kappa shape index (κ3) is 5.93. The maximum absolute atomic E-state index is 12.9. The van der Waals surface area contributed by atoms with Gasteiger partial charge in [-0.05, 0) is 30.7 Å². The number of nitrogens with two attached hydrogens (primary N) is 1. The molecule has 2 aliphatic rings. The van der Waals surface area contributed by atoms with Gasteiger partial charge in [0.2, 0.25) is 0 Å². The summed E-state index contributed by atoms with van der Waals surface area (Å²) in [7, 11) is 0. The zero-order chi connectivity index (χ0) is 22.1. The summed E-state index contributed by atoms with van der Waals surface area (Å²) in [6.45, 7) is 5.98. The number of anilines is 1. The molecule has 1 aromatic carbocycles. The smallest absolute Gasteiger partial charge is 0.254 e. The second kappa shape index (κ2) is 11.3. The fraction of sp³-hybridized carbons (Fsp3) is 0.261. The minimum Gasteiger partial charge on any atom is -0.763 e. The molecule has 160 valence electrons. The Balaban J connectivity index is 0.000000391. The Bertz CT molecular complexity index is 986. The highest BCUT2D eigenvalue weighted by Crippen LogP contribution is 2.36. The lowest BCUT2D eigenvalue weighted by Crippen LogP contribution is -2.87. The number of benzene rings is 1. The monoisotopic (exact) mass is 435 g/mol. The van der Waals surface area contributed by atoms with Gasteiger partial charge in [-0.25, -0.2) is 0 Å². The lowest BCUT2D eigenvalue weighted by Gasteiger charge is -2.30. The Labute approximate surface area is 187 Å². The van der Waals surface area contributed by atoms with Crippen molar-refractivity contribution in [3.63, 3.8) is 0 Å². The Morgan fingerprint density at radius 3 is 2.55 bits per heavy atom. The third-order valence-corrected chi connectivity index (χ3v) is 5.20. The number of carbonyl (C=O) groups is 1. The van der Waals surface area contributed by atoms with E-state index < -0.39 is 5.92 Å². The highest BCUT2D eigenvalue weighted by molar-refractivity contribution is 7.80. The highest BCUT2D eigenvalue weighted by atomic mass is 32.1. The van der Waals surface area contributed by atoms with Gasteiger partial charge in [0.1, 0.15) is 4.99 Å². The SMILES string of the molecule is C1COCC[NH2+]1.CC1=C(C(=O)Nc2ccccc2)C(c2cccnc2)C(=C=[N-])C(=S)N1. The average molecular weight is 436 g/mol. The second-order valence-corrected chi connectivity index (χ2v) is 7.44. The van der Waals surface area contributed by atoms with Crippen LogP contribution < -0.4 is 16.0 Å². The van der Waals surface area contributed by atoms with E-state index in [1.165, 1.54) is 0 Å². The molecule has 4 rings (SSSR count). The Kier molecular flexibility index (Phi) is 8.20. The number of amides is 1. The maximum atomic E-state index is 12.9. The number of quaternary nitrogens is 1. The van der Waals surface area contributed by atoms with E-state index in [4.69, 9.17) is 17.0 Å². The van der Waals surface area contributed by atoms with Crippen LogP contribution in [-0.2, 0) is 9.53 Å². The van der Waals surface area contributed by atoms with Crippen LogP contribution in [0.5, 0.6) is 0 Å². The van der Waals surface area contributed by atoms with Crippen LogP contribution in [0.15, 0.2) is 71.7 Å². The molecule has 2 aromatic rings. The van der Waals surface area contributed by atoms with Crippen molar-refractivity contribution < 1.29 is 14.8 Å². The van der Waals surface area contributed by atoms with E-state index in [2.05, 4.69) is 26.8 Å². The van der Waals surface area contributed by atoms with E-state index in [0.717, 1.165) is 31.9 Å². The van der Waals surface area contributed by atoms with Crippen LogP contribution in [0.4, 0.5) is 5.69 Å². The van der Waals surface area contributed by atoms with Crippen molar-refractivity contribution >= 4 is 34.7 Å². The first-order chi connectivity index (χ1) is 15.1. The maximum Gasteiger partial charge on any atom is 0.254 e. The molecule has 0 bridgehead atoms. The number of nitrogens with one attached hydrogen (secondary N) is 2. The number of ether oxygens (including phenoxy) is 1. The molecule has 1 saturated heterocycles. The van der Waals surface area contributed by atoms with Crippen LogP contribution in [0.1, 0.15) is 18.4 Å². The summed E-state index contributed by atoms with van der Waals surface area (Å²) in [5, 5.41) is 17.7. The van der Waals surface area contributed by atoms with Crippen molar-refractivity contribution in [2.75, 3.05) is 31.6 Å². The molecule has 3 heterocycles. The molecule has 31 heavy (non-hydrogen) atoms. The van der Waals surface area contributed by atoms with Crippen LogP contribution in [-0.4, -0.2) is 48.1 Å². The van der Waals surface area contributed by atoms with Crippen LogP contribution >= 0.6 is 12.2 Å². The third-order valence-electron chi connectivity index (χ3n) is 4.87. The minimum absolute atomic E-state index is 0.277. The van der Waals surface area contributed by atoms with Gasteiger partial charge < -0.3 is 26.1 Å². The molecule has 0 saturated carbocycles. The van der Waals surface area contributed by atoms with Crippen molar-refractivity contribution in [3.05, 3.63) is 82.7 Å². The number of morpholine rings is 1. The first-order valence-corrected chi connectivity index (χ1v) is 10.5. The standard InChI is InChI=1S/C19H15N4OS.C4H9NO/c1-12-16(18(24)23-14-7-3-2-4-8-14)17(13-6-5-9-21-11-13)15(10-20)19(25)22-12;1-3-6-4-2-5-1/h2-9,11,17H,1H3,(H,22,25)(H,23,24);5H,1-4H2/q-1;/p+1. The number of carbonyl (C=O) groups excluding carboxylic acids is 1. The predicted octanol–water partition coefficient (Wildman–Crippen LogP) is 1.75. The van der Waals surface area contributed by atoms with Gasteiger partial charge in [0.15, 0.2) is 0 Å². The van der Waals surface area contributed by atoms with Crippen LogP contribution in [0, 0.1) is 0 Å². The summed E-state index contributed by atoms with van der Waals surface area (Å²) in [4.78, 5) is 17.4. The number of hydrogen-bond donors (Lipinski definition) is 3. The van der Waals surface area contributed by atoms with Gasteiger partial charge in [0.05, 0.1) is 32.2 Å². The Morgan fingerprint density at radius 1 is 1.26 bits per heavy atom. The second-order valence-electron chi connectivity index (χ2n) is 7.04. The quantitative estimate of drug-likeness (QED) is 0.387. The lowest BCUT2D eigenvalue weighted by molar-refractivity contribution is -0.670. The summed E-state index contributed by atoms with van der Waals surface area (Å²) in [5.41, 5.74) is 2.87. The van der Waals surface area contributed by atoms with Gasteiger partial charge in [-0.1, -0.05) is 36.5 Å². The molecule has 1 amide bonds. The van der Waals surface area contributed by atoms with E-state index in [-0.39, 0.29) is 5.91 Å². The van der Waals surface area contributed by atoms with Crippen molar-refractivity contribution in [3.8, 4) is 0 Å². The van der Waals surface area contributed by atoms with Gasteiger partial charge >= 0.3 is 0 Å². The number of hydrogen-bond acceptors (Lipinski definition) is 4. The molecule has 2 aliphatic heterocycles. The van der Waals surface area contributed by atoms with Crippen LogP contribution in [0.2, 0.25) is 0 Å². The average Bonchev–Trinajstić information content (AvgIpc) is 2.81. The summed E-state index contributed by atoms with van der Waals surface area (Å²) in [5.74, 6) is 1.32. The van der Waals surface area contributed by atoms with E-state index in [1.54, 1.807) is 25.4 Å². The number of nitrogens with zero attached hydrogens (tertiary/aromatic N) is 2. The molecule has 7 nitrogen and oxygen atoms in total. The van der Waals surface area contributed by atoms with E-state index in [1.807, 2.05) is 36.4 Å². The van der Waals surface area contributed by atoms with E-state index in [9.17, 15) is 10.2 Å². The predicted molar refractivity (Wildman–Crippen MR) is 125 cm³/mol. The summed E-state index contributed by atoms with van der Waals surface area (Å²) in [6.07, 6.45) is 3.30. The van der Waals surface area contributed by atoms with Gasteiger partial charge in [-0.15, -0.1) is 0 Å². The number of allylic oxidation sites excluding steroid dienone is 1. The number of pyridine rings is 1. The number of thiocarbonyl (C=S) groups is 1. The minimum atomic E-state index is -0.545. The molecule has 1 unspecified atom stereocenters. The first kappa shape index (κ1) is 22.5. The molecule has 8 heteroatoms. The Morgan fingerprint density at radius 2 is 2.00 bits per heavy atom. The van der Waals surface area contributed by atoms with Crippen molar-refractivity contribution in [2.24, 2.45) is 0 Å². The zero-order valence-corrected chi connectivity index (χ0v) is 18.1. The number of aromatic nitrogens is 1. The van der Waals surface area contributed by atoms with Crippen LogP contribution in [0.25, 0.3) is 5.41 Å². The normalized spacial score (nSPS) is 18.3. The Hall–Kier alpha value is -3.16. The van der Waals surface area contributed by atoms with E-state index >= 15 is 0 Å². The molecule has 0 radical (unpaired) electrons. The topological polar surface area (TPSA) is 102 Å². The van der Waals surface area contributed by atoms with Gasteiger partial charge in [0.25, 0.3) is 5.91 Å². The van der Waals surface area contributed by atoms with Gasteiger partial charge in [-0.3, -0.25) is 15.6 Å². The molecule has 1 fully saturated rings.